The number of aryl methyl sites for hydroxylation is 1. The van der Waals surface area contributed by atoms with Gasteiger partial charge in [0.25, 0.3) is 0 Å². The van der Waals surface area contributed by atoms with Gasteiger partial charge in [0.15, 0.2) is 0 Å². The van der Waals surface area contributed by atoms with E-state index in [0.29, 0.717) is 23.2 Å². The van der Waals surface area contributed by atoms with Crippen molar-refractivity contribution in [2.75, 3.05) is 0 Å². The third-order valence-electron chi connectivity index (χ3n) is 2.15. The molecule has 1 heterocycles. The fourth-order valence-corrected chi connectivity index (χ4v) is 1.38. The molecule has 2 aromatic rings. The largest absolute Gasteiger partial charge is 0.206 e. The zero-order valence-corrected chi connectivity index (χ0v) is 7.79. The lowest BCUT2D eigenvalue weighted by Gasteiger charge is -2.03. The van der Waals surface area contributed by atoms with Crippen molar-refractivity contribution >= 4 is 0 Å². The van der Waals surface area contributed by atoms with Gasteiger partial charge in [-0.15, -0.1) is 0 Å². The number of halogens is 1. The van der Waals surface area contributed by atoms with Crippen LogP contribution in [-0.2, 0) is 6.42 Å². The molecule has 0 amide bonds. The van der Waals surface area contributed by atoms with Crippen LogP contribution in [-0.4, -0.2) is 15.4 Å². The maximum Gasteiger partial charge on any atom is 0.135 e. The summed E-state index contributed by atoms with van der Waals surface area (Å²) >= 11 is 0. The van der Waals surface area contributed by atoms with E-state index in [1.807, 2.05) is 13.0 Å². The lowest BCUT2D eigenvalue weighted by Crippen LogP contribution is -1.91. The molecule has 0 spiro atoms. The third kappa shape index (κ3) is 1.39. The Bertz CT molecular complexity index is 423. The Kier molecular flexibility index (Phi) is 2.26. The summed E-state index contributed by atoms with van der Waals surface area (Å²) in [5.74, 6) is -0.205. The maximum absolute atomic E-state index is 13.8. The number of H-pyrrole nitrogens is 1. The van der Waals surface area contributed by atoms with Crippen LogP contribution in [0.5, 0.6) is 0 Å². The van der Waals surface area contributed by atoms with E-state index in [1.54, 1.807) is 12.1 Å². The molecule has 0 unspecified atom stereocenters. The number of aromatic nitrogens is 3. The number of rotatable bonds is 2. The molecule has 72 valence electrons. The fraction of sp³-hybridized carbons (Fsp3) is 0.200. The average Bonchev–Trinajstić information content (AvgIpc) is 2.71. The van der Waals surface area contributed by atoms with E-state index in [9.17, 15) is 4.39 Å². The van der Waals surface area contributed by atoms with Crippen LogP contribution in [0.25, 0.3) is 11.3 Å². The Hall–Kier alpha value is -1.71. The molecule has 0 radical (unpaired) electrons. The molecule has 1 N–H and O–H groups in total. The summed E-state index contributed by atoms with van der Waals surface area (Å²) in [7, 11) is 0. The number of benzene rings is 1. The highest BCUT2D eigenvalue weighted by Crippen LogP contribution is 2.22. The van der Waals surface area contributed by atoms with Crippen LogP contribution in [0, 0.1) is 5.82 Å². The lowest BCUT2D eigenvalue weighted by molar-refractivity contribution is 0.615. The molecule has 14 heavy (non-hydrogen) atoms. The molecule has 0 bridgehead atoms. The molecule has 0 saturated carbocycles. The van der Waals surface area contributed by atoms with Crippen LogP contribution in [0.15, 0.2) is 24.4 Å². The van der Waals surface area contributed by atoms with Gasteiger partial charge >= 0.3 is 0 Å². The van der Waals surface area contributed by atoms with Crippen molar-refractivity contribution < 1.29 is 4.39 Å². The smallest absolute Gasteiger partial charge is 0.135 e. The van der Waals surface area contributed by atoms with Gasteiger partial charge in [0.2, 0.25) is 0 Å². The number of nitrogens with zero attached hydrogens (tertiary/aromatic N) is 2. The summed E-state index contributed by atoms with van der Waals surface area (Å²) in [6, 6.07) is 5.30. The zero-order chi connectivity index (χ0) is 9.97. The second-order valence-electron chi connectivity index (χ2n) is 2.99. The van der Waals surface area contributed by atoms with E-state index in [0.717, 1.165) is 0 Å². The molecule has 0 aliphatic heterocycles. The SMILES string of the molecule is CCc1cccc(-c2cn[nH]n2)c1F. The van der Waals surface area contributed by atoms with Gasteiger partial charge in [0.05, 0.1) is 6.20 Å². The first kappa shape index (κ1) is 8.87. The zero-order valence-electron chi connectivity index (χ0n) is 7.79. The first-order chi connectivity index (χ1) is 6.83. The van der Waals surface area contributed by atoms with Crippen LogP contribution in [0.1, 0.15) is 12.5 Å². The molecule has 2 rings (SSSR count). The van der Waals surface area contributed by atoms with Gasteiger partial charge < -0.3 is 0 Å². The van der Waals surface area contributed by atoms with Crippen molar-refractivity contribution in [1.82, 2.24) is 15.4 Å². The molecule has 1 aromatic heterocycles. The molecular weight excluding hydrogens is 181 g/mol. The summed E-state index contributed by atoms with van der Waals surface area (Å²) in [6.45, 7) is 1.92. The highest BCUT2D eigenvalue weighted by atomic mass is 19.1. The van der Waals surface area contributed by atoms with Crippen LogP contribution >= 0.6 is 0 Å². The Morgan fingerprint density at radius 2 is 2.29 bits per heavy atom. The van der Waals surface area contributed by atoms with Crippen molar-refractivity contribution in [3.05, 3.63) is 35.8 Å². The average molecular weight is 191 g/mol. The van der Waals surface area contributed by atoms with E-state index >= 15 is 0 Å². The molecule has 0 atom stereocenters. The predicted octanol–water partition coefficient (Wildman–Crippen LogP) is 2.17. The quantitative estimate of drug-likeness (QED) is 0.790. The van der Waals surface area contributed by atoms with Gasteiger partial charge in [-0.3, -0.25) is 0 Å². The number of hydrogen-bond donors (Lipinski definition) is 1. The Balaban J connectivity index is 2.54. The molecule has 3 nitrogen and oxygen atoms in total. The lowest BCUT2D eigenvalue weighted by atomic mass is 10.1. The normalized spacial score (nSPS) is 10.4. The minimum atomic E-state index is -0.205. The molecule has 0 fully saturated rings. The van der Waals surface area contributed by atoms with Gasteiger partial charge in [-0.05, 0) is 18.1 Å². The monoisotopic (exact) mass is 191 g/mol. The molecule has 1 aromatic carbocycles. The van der Waals surface area contributed by atoms with Gasteiger partial charge in [0, 0.05) is 5.56 Å². The molecule has 4 heteroatoms. The summed E-state index contributed by atoms with van der Waals surface area (Å²) in [4.78, 5) is 0. The van der Waals surface area contributed by atoms with E-state index in [1.165, 1.54) is 6.20 Å². The maximum atomic E-state index is 13.8. The Labute approximate surface area is 81.0 Å². The third-order valence-corrected chi connectivity index (χ3v) is 2.15. The predicted molar refractivity (Wildman–Crippen MR) is 51.2 cm³/mol. The van der Waals surface area contributed by atoms with Gasteiger partial charge in [-0.1, -0.05) is 19.1 Å². The van der Waals surface area contributed by atoms with Crippen molar-refractivity contribution in [2.24, 2.45) is 0 Å². The first-order valence-corrected chi connectivity index (χ1v) is 4.46. The van der Waals surface area contributed by atoms with Crippen LogP contribution in [0.2, 0.25) is 0 Å². The van der Waals surface area contributed by atoms with Crippen molar-refractivity contribution in [2.45, 2.75) is 13.3 Å². The molecule has 0 aliphatic carbocycles. The van der Waals surface area contributed by atoms with Crippen LogP contribution in [0.4, 0.5) is 4.39 Å². The van der Waals surface area contributed by atoms with E-state index < -0.39 is 0 Å². The Morgan fingerprint density at radius 1 is 1.43 bits per heavy atom. The number of hydrogen-bond acceptors (Lipinski definition) is 2. The van der Waals surface area contributed by atoms with Crippen LogP contribution < -0.4 is 0 Å². The van der Waals surface area contributed by atoms with E-state index in [-0.39, 0.29) is 5.82 Å². The molecule has 0 aliphatic rings. The van der Waals surface area contributed by atoms with Crippen molar-refractivity contribution in [3.8, 4) is 11.3 Å². The van der Waals surface area contributed by atoms with Gasteiger partial charge in [-0.2, -0.15) is 15.4 Å². The number of aromatic amines is 1. The Morgan fingerprint density at radius 3 is 2.93 bits per heavy atom. The second-order valence-corrected chi connectivity index (χ2v) is 2.99. The van der Waals surface area contributed by atoms with Gasteiger partial charge in [0.1, 0.15) is 11.5 Å². The summed E-state index contributed by atoms with van der Waals surface area (Å²) in [5.41, 5.74) is 1.74. The topological polar surface area (TPSA) is 41.6 Å². The number of nitrogens with one attached hydrogen (secondary N) is 1. The van der Waals surface area contributed by atoms with Crippen molar-refractivity contribution in [3.63, 3.8) is 0 Å². The minimum Gasteiger partial charge on any atom is -0.206 e. The van der Waals surface area contributed by atoms with Crippen molar-refractivity contribution in [1.29, 1.82) is 0 Å². The summed E-state index contributed by atoms with van der Waals surface area (Å²) in [6.07, 6.45) is 2.19. The first-order valence-electron chi connectivity index (χ1n) is 4.46. The standard InChI is InChI=1S/C10H10FN3/c1-2-7-4-3-5-8(10(7)11)9-6-12-14-13-9/h3-6H,2H2,1H3,(H,12,13,14). The minimum absolute atomic E-state index is 0.205. The highest BCUT2D eigenvalue weighted by molar-refractivity contribution is 5.59. The highest BCUT2D eigenvalue weighted by Gasteiger charge is 2.09. The van der Waals surface area contributed by atoms with E-state index in [2.05, 4.69) is 15.4 Å². The summed E-state index contributed by atoms with van der Waals surface area (Å²) < 4.78 is 13.8. The van der Waals surface area contributed by atoms with Crippen LogP contribution in [0.3, 0.4) is 0 Å². The fourth-order valence-electron chi connectivity index (χ4n) is 1.38. The van der Waals surface area contributed by atoms with E-state index in [4.69, 9.17) is 0 Å². The van der Waals surface area contributed by atoms with Gasteiger partial charge in [-0.25, -0.2) is 4.39 Å². The summed E-state index contributed by atoms with van der Waals surface area (Å²) in [5, 5.41) is 9.97. The second kappa shape index (κ2) is 3.57. The molecular formula is C10H10FN3. The molecule has 0 saturated heterocycles.